The van der Waals surface area contributed by atoms with E-state index < -0.39 is 0 Å². The first kappa shape index (κ1) is 14.7. The lowest BCUT2D eigenvalue weighted by molar-refractivity contribution is 0.239. The summed E-state index contributed by atoms with van der Waals surface area (Å²) in [6.45, 7) is 1.33. The Labute approximate surface area is 112 Å². The molecule has 17 heavy (non-hydrogen) atoms. The standard InChI is InChI=1S/C12H16ClFN2.ClH/c13-11-3-2-10(14)6-9(11)7-16-8-12(15)4-1-5-12;/h2-3,6,16H,1,4-5,7-8,15H2;1H. The fourth-order valence-electron chi connectivity index (χ4n) is 1.93. The summed E-state index contributed by atoms with van der Waals surface area (Å²) in [5.41, 5.74) is 6.79. The molecule has 96 valence electrons. The van der Waals surface area contributed by atoms with Crippen molar-refractivity contribution in [3.8, 4) is 0 Å². The van der Waals surface area contributed by atoms with Crippen molar-refractivity contribution in [1.29, 1.82) is 0 Å². The lowest BCUT2D eigenvalue weighted by Gasteiger charge is -2.38. The highest BCUT2D eigenvalue weighted by atomic mass is 35.5. The molecule has 0 radical (unpaired) electrons. The second-order valence-electron chi connectivity index (χ2n) is 4.56. The van der Waals surface area contributed by atoms with Crippen LogP contribution < -0.4 is 11.1 Å². The minimum absolute atomic E-state index is 0. The van der Waals surface area contributed by atoms with Crippen LogP contribution in [0.2, 0.25) is 5.02 Å². The van der Waals surface area contributed by atoms with Crippen molar-refractivity contribution in [3.05, 3.63) is 34.6 Å². The van der Waals surface area contributed by atoms with E-state index in [1.165, 1.54) is 18.6 Å². The van der Waals surface area contributed by atoms with Crippen molar-refractivity contribution in [2.45, 2.75) is 31.3 Å². The van der Waals surface area contributed by atoms with Crippen molar-refractivity contribution in [2.75, 3.05) is 6.54 Å². The van der Waals surface area contributed by atoms with E-state index in [1.54, 1.807) is 6.07 Å². The Balaban J connectivity index is 0.00000144. The molecular weight excluding hydrogens is 262 g/mol. The smallest absolute Gasteiger partial charge is 0.123 e. The van der Waals surface area contributed by atoms with E-state index in [1.807, 2.05) is 0 Å². The Morgan fingerprint density at radius 3 is 2.71 bits per heavy atom. The fraction of sp³-hybridized carbons (Fsp3) is 0.500. The van der Waals surface area contributed by atoms with Crippen LogP contribution in [0.4, 0.5) is 4.39 Å². The van der Waals surface area contributed by atoms with Gasteiger partial charge in [0.15, 0.2) is 0 Å². The van der Waals surface area contributed by atoms with E-state index >= 15 is 0 Å². The molecule has 1 aromatic rings. The second kappa shape index (κ2) is 6.01. The molecule has 0 heterocycles. The van der Waals surface area contributed by atoms with Crippen LogP contribution in [0, 0.1) is 5.82 Å². The molecule has 0 amide bonds. The van der Waals surface area contributed by atoms with Crippen molar-refractivity contribution in [1.82, 2.24) is 5.32 Å². The molecule has 0 bridgehead atoms. The highest BCUT2D eigenvalue weighted by Gasteiger charge is 2.31. The Morgan fingerprint density at radius 1 is 1.41 bits per heavy atom. The van der Waals surface area contributed by atoms with Gasteiger partial charge in [-0.2, -0.15) is 0 Å². The Hall–Kier alpha value is -0.350. The molecule has 1 aliphatic carbocycles. The van der Waals surface area contributed by atoms with Crippen LogP contribution in [-0.4, -0.2) is 12.1 Å². The molecule has 0 unspecified atom stereocenters. The molecule has 2 nitrogen and oxygen atoms in total. The topological polar surface area (TPSA) is 38.0 Å². The van der Waals surface area contributed by atoms with Crippen LogP contribution in [0.15, 0.2) is 18.2 Å². The predicted octanol–water partition coefficient (Wildman–Crippen LogP) is 2.87. The van der Waals surface area contributed by atoms with E-state index in [2.05, 4.69) is 5.32 Å². The maximum atomic E-state index is 13.0. The van der Waals surface area contributed by atoms with Crippen molar-refractivity contribution >= 4 is 24.0 Å². The van der Waals surface area contributed by atoms with Gasteiger partial charge in [0, 0.05) is 23.7 Å². The van der Waals surface area contributed by atoms with Crippen LogP contribution in [0.3, 0.4) is 0 Å². The molecule has 5 heteroatoms. The zero-order valence-electron chi connectivity index (χ0n) is 9.51. The average molecular weight is 279 g/mol. The number of rotatable bonds is 4. The number of nitrogens with one attached hydrogen (secondary N) is 1. The summed E-state index contributed by atoms with van der Waals surface area (Å²) < 4.78 is 13.0. The SMILES string of the molecule is Cl.NC1(CNCc2cc(F)ccc2Cl)CCC1. The maximum Gasteiger partial charge on any atom is 0.123 e. The monoisotopic (exact) mass is 278 g/mol. The number of nitrogens with two attached hydrogens (primary N) is 1. The largest absolute Gasteiger partial charge is 0.324 e. The molecule has 1 aliphatic rings. The van der Waals surface area contributed by atoms with E-state index in [9.17, 15) is 4.39 Å². The third kappa shape index (κ3) is 3.81. The molecule has 3 N–H and O–H groups in total. The van der Waals surface area contributed by atoms with Gasteiger partial charge in [0.1, 0.15) is 5.82 Å². The van der Waals surface area contributed by atoms with Gasteiger partial charge in [-0.3, -0.25) is 0 Å². The Bertz CT molecular complexity index is 381. The number of halogens is 3. The fourth-order valence-corrected chi connectivity index (χ4v) is 2.12. The second-order valence-corrected chi connectivity index (χ2v) is 4.96. The van der Waals surface area contributed by atoms with E-state index in [4.69, 9.17) is 17.3 Å². The van der Waals surface area contributed by atoms with Gasteiger partial charge in [-0.05, 0) is 43.0 Å². The van der Waals surface area contributed by atoms with Crippen molar-refractivity contribution in [2.24, 2.45) is 5.73 Å². The van der Waals surface area contributed by atoms with Crippen LogP contribution in [-0.2, 0) is 6.54 Å². The summed E-state index contributed by atoms with van der Waals surface area (Å²) >= 11 is 5.96. The normalized spacial score (nSPS) is 17.1. The van der Waals surface area contributed by atoms with Crippen LogP contribution in [0.25, 0.3) is 0 Å². The van der Waals surface area contributed by atoms with Gasteiger partial charge in [-0.25, -0.2) is 4.39 Å². The molecular formula is C12H17Cl2FN2. The molecule has 0 spiro atoms. The maximum absolute atomic E-state index is 13.0. The first-order chi connectivity index (χ1) is 7.59. The molecule has 1 saturated carbocycles. The number of hydrogen-bond donors (Lipinski definition) is 2. The van der Waals surface area contributed by atoms with Crippen LogP contribution in [0.1, 0.15) is 24.8 Å². The van der Waals surface area contributed by atoms with Gasteiger partial charge in [0.25, 0.3) is 0 Å². The van der Waals surface area contributed by atoms with Crippen molar-refractivity contribution in [3.63, 3.8) is 0 Å². The van der Waals surface area contributed by atoms with E-state index in [0.717, 1.165) is 24.9 Å². The molecule has 1 fully saturated rings. The van der Waals surface area contributed by atoms with Gasteiger partial charge in [0.05, 0.1) is 0 Å². The van der Waals surface area contributed by atoms with Gasteiger partial charge in [-0.15, -0.1) is 12.4 Å². The zero-order chi connectivity index (χ0) is 11.6. The predicted molar refractivity (Wildman–Crippen MR) is 71.1 cm³/mol. The summed E-state index contributed by atoms with van der Waals surface area (Å²) in [5, 5.41) is 3.83. The summed E-state index contributed by atoms with van der Waals surface area (Å²) in [6, 6.07) is 4.40. The molecule has 0 aromatic heterocycles. The third-order valence-corrected chi connectivity index (χ3v) is 3.52. The summed E-state index contributed by atoms with van der Waals surface area (Å²) in [6.07, 6.45) is 3.34. The summed E-state index contributed by atoms with van der Waals surface area (Å²) in [4.78, 5) is 0. The Kier molecular flexibility index (Phi) is 5.20. The molecule has 0 saturated heterocycles. The van der Waals surface area contributed by atoms with Gasteiger partial charge >= 0.3 is 0 Å². The van der Waals surface area contributed by atoms with Gasteiger partial charge in [-0.1, -0.05) is 11.6 Å². The minimum atomic E-state index is -0.257. The minimum Gasteiger partial charge on any atom is -0.324 e. The van der Waals surface area contributed by atoms with Gasteiger partial charge in [0.2, 0.25) is 0 Å². The van der Waals surface area contributed by atoms with Crippen LogP contribution >= 0.6 is 24.0 Å². The number of benzene rings is 1. The van der Waals surface area contributed by atoms with E-state index in [0.29, 0.717) is 11.6 Å². The number of hydrogen-bond acceptors (Lipinski definition) is 2. The molecule has 0 aliphatic heterocycles. The first-order valence-corrected chi connectivity index (χ1v) is 5.90. The van der Waals surface area contributed by atoms with Crippen LogP contribution in [0.5, 0.6) is 0 Å². The quantitative estimate of drug-likeness (QED) is 0.889. The Morgan fingerprint density at radius 2 is 2.12 bits per heavy atom. The molecule has 2 rings (SSSR count). The van der Waals surface area contributed by atoms with E-state index in [-0.39, 0.29) is 23.8 Å². The lowest BCUT2D eigenvalue weighted by atomic mass is 9.78. The highest BCUT2D eigenvalue weighted by molar-refractivity contribution is 6.31. The average Bonchev–Trinajstić information content (AvgIpc) is 2.21. The summed E-state index contributed by atoms with van der Waals surface area (Å²) in [7, 11) is 0. The lowest BCUT2D eigenvalue weighted by Crippen LogP contribution is -2.53. The van der Waals surface area contributed by atoms with Crippen molar-refractivity contribution < 1.29 is 4.39 Å². The van der Waals surface area contributed by atoms with Gasteiger partial charge < -0.3 is 11.1 Å². The zero-order valence-corrected chi connectivity index (χ0v) is 11.1. The molecule has 1 aromatic carbocycles. The third-order valence-electron chi connectivity index (χ3n) is 3.15. The first-order valence-electron chi connectivity index (χ1n) is 5.53. The summed E-state index contributed by atoms with van der Waals surface area (Å²) in [5.74, 6) is -0.257. The highest BCUT2D eigenvalue weighted by Crippen LogP contribution is 2.28. The molecule has 0 atom stereocenters.